The lowest BCUT2D eigenvalue weighted by Crippen LogP contribution is -2.48. The van der Waals surface area contributed by atoms with Gasteiger partial charge in [0.1, 0.15) is 5.82 Å². The summed E-state index contributed by atoms with van der Waals surface area (Å²) < 4.78 is 5.84. The molecule has 2 saturated heterocycles. The molecule has 0 saturated carbocycles. The summed E-state index contributed by atoms with van der Waals surface area (Å²) in [5, 5.41) is 12.1. The fourth-order valence-corrected chi connectivity index (χ4v) is 2.88. The van der Waals surface area contributed by atoms with Crippen LogP contribution in [0.2, 0.25) is 0 Å². The molecule has 2 aliphatic heterocycles. The number of carboxylic acid groups (broad SMARTS) is 1. The maximum atomic E-state index is 10.9. The molecular formula is C14H19N3O3. The lowest BCUT2D eigenvalue weighted by atomic mass is 10.2. The van der Waals surface area contributed by atoms with Gasteiger partial charge in [0, 0.05) is 19.1 Å². The molecular weight excluding hydrogens is 258 g/mol. The zero-order chi connectivity index (χ0) is 13.9. The van der Waals surface area contributed by atoms with Crippen LogP contribution in [-0.4, -0.2) is 59.3 Å². The first-order valence-corrected chi connectivity index (χ1v) is 7.02. The van der Waals surface area contributed by atoms with E-state index < -0.39 is 5.97 Å². The third-order valence-corrected chi connectivity index (χ3v) is 3.94. The average Bonchev–Trinajstić information content (AvgIpc) is 2.93. The number of fused-ring (bicyclic) bond motifs is 1. The van der Waals surface area contributed by atoms with Gasteiger partial charge in [0.25, 0.3) is 0 Å². The second-order valence-electron chi connectivity index (χ2n) is 5.34. The topological polar surface area (TPSA) is 74.7 Å². The number of hydrogen-bond donors (Lipinski definition) is 2. The second-order valence-corrected chi connectivity index (χ2v) is 5.34. The minimum atomic E-state index is -1.01. The molecule has 3 rings (SSSR count). The highest BCUT2D eigenvalue weighted by atomic mass is 16.5. The summed E-state index contributed by atoms with van der Waals surface area (Å²) in [6.45, 7) is 3.56. The van der Waals surface area contributed by atoms with Crippen LogP contribution in [0, 0.1) is 0 Å². The number of rotatable bonds is 4. The van der Waals surface area contributed by atoms with Crippen LogP contribution in [0.5, 0.6) is 0 Å². The summed E-state index contributed by atoms with van der Waals surface area (Å²) in [6, 6.07) is 5.55. The number of carboxylic acids is 1. The zero-order valence-electron chi connectivity index (χ0n) is 11.3. The number of morpholine rings is 1. The van der Waals surface area contributed by atoms with E-state index in [0.29, 0.717) is 18.4 Å². The molecule has 0 aliphatic carbocycles. The van der Waals surface area contributed by atoms with Gasteiger partial charge >= 0.3 is 5.97 Å². The van der Waals surface area contributed by atoms with Crippen LogP contribution < -0.4 is 5.32 Å². The quantitative estimate of drug-likeness (QED) is 0.857. The molecule has 6 nitrogen and oxygen atoms in total. The summed E-state index contributed by atoms with van der Waals surface area (Å²) in [7, 11) is 0. The highest BCUT2D eigenvalue weighted by molar-refractivity contribution is 5.85. The number of aromatic nitrogens is 1. The number of ether oxygens (including phenoxy) is 1. The number of nitrogens with zero attached hydrogens (tertiary/aromatic N) is 2. The van der Waals surface area contributed by atoms with Crippen LogP contribution in [0.4, 0.5) is 5.82 Å². The van der Waals surface area contributed by atoms with Crippen LogP contribution in [-0.2, 0) is 4.74 Å². The molecule has 2 unspecified atom stereocenters. The van der Waals surface area contributed by atoms with E-state index in [2.05, 4.69) is 15.2 Å². The van der Waals surface area contributed by atoms with Gasteiger partial charge in [0.2, 0.25) is 0 Å². The zero-order valence-corrected chi connectivity index (χ0v) is 11.3. The first-order valence-electron chi connectivity index (χ1n) is 7.02. The van der Waals surface area contributed by atoms with Crippen LogP contribution >= 0.6 is 0 Å². The standard InChI is InChI=1S/C14H19N3O3/c18-14(19)12-4-1-5-13(16-12)15-7-11-8-17-6-2-3-10(17)9-20-11/h1,4-5,10-11H,2-3,6-9H2,(H,15,16)(H,18,19). The van der Waals surface area contributed by atoms with Crippen molar-refractivity contribution < 1.29 is 14.6 Å². The van der Waals surface area contributed by atoms with E-state index in [0.717, 1.165) is 19.7 Å². The van der Waals surface area contributed by atoms with E-state index in [1.165, 1.54) is 18.9 Å². The van der Waals surface area contributed by atoms with Gasteiger partial charge in [-0.3, -0.25) is 4.90 Å². The van der Waals surface area contributed by atoms with Crippen LogP contribution in [0.3, 0.4) is 0 Å². The van der Waals surface area contributed by atoms with Gasteiger partial charge in [-0.05, 0) is 31.5 Å². The van der Waals surface area contributed by atoms with Gasteiger partial charge in [-0.25, -0.2) is 9.78 Å². The Balaban J connectivity index is 1.54. The molecule has 2 atom stereocenters. The molecule has 2 aliphatic rings. The molecule has 0 radical (unpaired) electrons. The Hall–Kier alpha value is -1.66. The second kappa shape index (κ2) is 5.76. The Bertz CT molecular complexity index is 494. The summed E-state index contributed by atoms with van der Waals surface area (Å²) >= 11 is 0. The van der Waals surface area contributed by atoms with Crippen molar-refractivity contribution in [3.63, 3.8) is 0 Å². The van der Waals surface area contributed by atoms with E-state index >= 15 is 0 Å². The normalized spacial score (nSPS) is 26.2. The molecule has 0 aromatic carbocycles. The van der Waals surface area contributed by atoms with Crippen molar-refractivity contribution in [1.29, 1.82) is 0 Å². The van der Waals surface area contributed by atoms with Crippen molar-refractivity contribution >= 4 is 11.8 Å². The minimum Gasteiger partial charge on any atom is -0.477 e. The smallest absolute Gasteiger partial charge is 0.354 e. The third kappa shape index (κ3) is 2.91. The van der Waals surface area contributed by atoms with Gasteiger partial charge < -0.3 is 15.2 Å². The van der Waals surface area contributed by atoms with Crippen molar-refractivity contribution in [2.75, 3.05) is 31.6 Å². The first-order chi connectivity index (χ1) is 9.72. The molecule has 0 bridgehead atoms. The number of anilines is 1. The maximum absolute atomic E-state index is 10.9. The highest BCUT2D eigenvalue weighted by Gasteiger charge is 2.31. The average molecular weight is 277 g/mol. The molecule has 1 aromatic rings. The lowest BCUT2D eigenvalue weighted by molar-refractivity contribution is -0.0416. The minimum absolute atomic E-state index is 0.0548. The monoisotopic (exact) mass is 277 g/mol. The van der Waals surface area contributed by atoms with Gasteiger partial charge in [-0.15, -0.1) is 0 Å². The Labute approximate surface area is 117 Å². The predicted octanol–water partition coefficient (Wildman–Crippen LogP) is 1.05. The molecule has 20 heavy (non-hydrogen) atoms. The summed E-state index contributed by atoms with van der Waals surface area (Å²) in [5.74, 6) is -0.431. The molecule has 2 N–H and O–H groups in total. The molecule has 0 amide bonds. The molecule has 6 heteroatoms. The van der Waals surface area contributed by atoms with E-state index in [-0.39, 0.29) is 11.8 Å². The van der Waals surface area contributed by atoms with Gasteiger partial charge in [-0.1, -0.05) is 6.07 Å². The largest absolute Gasteiger partial charge is 0.477 e. The molecule has 3 heterocycles. The van der Waals surface area contributed by atoms with Crippen molar-refractivity contribution in [2.24, 2.45) is 0 Å². The van der Waals surface area contributed by atoms with Crippen LogP contribution in [0.25, 0.3) is 0 Å². The highest BCUT2D eigenvalue weighted by Crippen LogP contribution is 2.22. The van der Waals surface area contributed by atoms with E-state index in [9.17, 15) is 4.79 Å². The number of nitrogens with one attached hydrogen (secondary N) is 1. The van der Waals surface area contributed by atoms with E-state index in [1.807, 2.05) is 0 Å². The summed E-state index contributed by atoms with van der Waals surface area (Å²) in [6.07, 6.45) is 2.64. The molecule has 2 fully saturated rings. The van der Waals surface area contributed by atoms with Crippen molar-refractivity contribution in [3.05, 3.63) is 23.9 Å². The number of pyridine rings is 1. The molecule has 0 spiro atoms. The number of carbonyl (C=O) groups is 1. The summed E-state index contributed by atoms with van der Waals surface area (Å²) in [4.78, 5) is 17.4. The van der Waals surface area contributed by atoms with Gasteiger partial charge in [0.15, 0.2) is 5.69 Å². The summed E-state index contributed by atoms with van der Waals surface area (Å²) in [5.41, 5.74) is 0.0548. The maximum Gasteiger partial charge on any atom is 0.354 e. The third-order valence-electron chi connectivity index (χ3n) is 3.94. The number of hydrogen-bond acceptors (Lipinski definition) is 5. The SMILES string of the molecule is O=C(O)c1cccc(NCC2CN3CCCC3CO2)n1. The van der Waals surface area contributed by atoms with Crippen molar-refractivity contribution in [3.8, 4) is 0 Å². The van der Waals surface area contributed by atoms with Crippen LogP contribution in [0.1, 0.15) is 23.3 Å². The van der Waals surface area contributed by atoms with E-state index in [4.69, 9.17) is 9.84 Å². The predicted molar refractivity (Wildman–Crippen MR) is 74.0 cm³/mol. The van der Waals surface area contributed by atoms with Crippen molar-refractivity contribution in [1.82, 2.24) is 9.88 Å². The Morgan fingerprint density at radius 2 is 2.45 bits per heavy atom. The van der Waals surface area contributed by atoms with Gasteiger partial charge in [0.05, 0.1) is 12.7 Å². The van der Waals surface area contributed by atoms with Gasteiger partial charge in [-0.2, -0.15) is 0 Å². The fraction of sp³-hybridized carbons (Fsp3) is 0.571. The first kappa shape index (κ1) is 13.3. The lowest BCUT2D eigenvalue weighted by Gasteiger charge is -2.35. The molecule has 108 valence electrons. The van der Waals surface area contributed by atoms with Crippen molar-refractivity contribution in [2.45, 2.75) is 25.0 Å². The Morgan fingerprint density at radius 3 is 3.30 bits per heavy atom. The van der Waals surface area contributed by atoms with E-state index in [1.54, 1.807) is 12.1 Å². The van der Waals surface area contributed by atoms with Crippen LogP contribution in [0.15, 0.2) is 18.2 Å². The Morgan fingerprint density at radius 1 is 1.55 bits per heavy atom. The molecule has 1 aromatic heterocycles. The number of aromatic carboxylic acids is 1. The fourth-order valence-electron chi connectivity index (χ4n) is 2.88. The Kier molecular flexibility index (Phi) is 3.84.